The van der Waals surface area contributed by atoms with Gasteiger partial charge in [-0.1, -0.05) is 0 Å². The number of aliphatic hydroxyl groups excluding tert-OH is 2. The molecule has 2 heterocycles. The molecule has 1 unspecified atom stereocenters. The predicted molar refractivity (Wildman–Crippen MR) is 109 cm³/mol. The second kappa shape index (κ2) is 7.79. The quantitative estimate of drug-likeness (QED) is 0.571. The fraction of sp³-hybridized carbons (Fsp3) is 0.389. The van der Waals surface area contributed by atoms with Gasteiger partial charge in [0.05, 0.1) is 23.5 Å². The summed E-state index contributed by atoms with van der Waals surface area (Å²) >= 11 is 3.28. The van der Waals surface area contributed by atoms with Gasteiger partial charge in [0.25, 0.3) is 5.91 Å². The molecule has 1 amide bonds. The zero-order chi connectivity index (χ0) is 19.0. The van der Waals surface area contributed by atoms with Gasteiger partial charge in [-0.05, 0) is 66.6 Å². The van der Waals surface area contributed by atoms with E-state index in [-0.39, 0.29) is 18.1 Å². The SMILES string of the molecule is Cc1c(C(C)O)sc(Nc2ccc(I)cc2F)c1C(=O)N1CC[C@@H](O)C1. The Kier molecular flexibility index (Phi) is 5.85. The molecule has 1 fully saturated rings. The number of aliphatic hydroxyl groups is 2. The minimum absolute atomic E-state index is 0.212. The lowest BCUT2D eigenvalue weighted by atomic mass is 10.1. The van der Waals surface area contributed by atoms with Gasteiger partial charge in [0.1, 0.15) is 10.8 Å². The van der Waals surface area contributed by atoms with Gasteiger partial charge in [0.2, 0.25) is 0 Å². The summed E-state index contributed by atoms with van der Waals surface area (Å²) < 4.78 is 15.0. The van der Waals surface area contributed by atoms with Crippen molar-refractivity contribution in [3.05, 3.63) is 43.6 Å². The number of nitrogens with zero attached hydrogens (tertiary/aromatic N) is 1. The first-order valence-corrected chi connectivity index (χ1v) is 10.2. The van der Waals surface area contributed by atoms with Crippen molar-refractivity contribution in [2.24, 2.45) is 0 Å². The van der Waals surface area contributed by atoms with Gasteiger partial charge in [0.15, 0.2) is 0 Å². The number of thiophene rings is 1. The van der Waals surface area contributed by atoms with E-state index >= 15 is 0 Å². The molecule has 1 aromatic heterocycles. The molecule has 0 spiro atoms. The molecule has 2 aromatic rings. The zero-order valence-corrected chi connectivity index (χ0v) is 17.4. The molecule has 1 saturated heterocycles. The molecule has 2 atom stereocenters. The number of rotatable bonds is 4. The van der Waals surface area contributed by atoms with E-state index in [0.717, 1.165) is 3.57 Å². The summed E-state index contributed by atoms with van der Waals surface area (Å²) in [5, 5.41) is 23.3. The summed E-state index contributed by atoms with van der Waals surface area (Å²) in [6.45, 7) is 4.20. The molecule has 140 valence electrons. The van der Waals surface area contributed by atoms with Gasteiger partial charge in [-0.3, -0.25) is 4.79 Å². The molecular formula is C18H20FIN2O3S. The summed E-state index contributed by atoms with van der Waals surface area (Å²) in [6, 6.07) is 4.82. The van der Waals surface area contributed by atoms with E-state index in [9.17, 15) is 19.4 Å². The van der Waals surface area contributed by atoms with Crippen LogP contribution in [0.15, 0.2) is 18.2 Å². The first-order valence-electron chi connectivity index (χ1n) is 8.28. The van der Waals surface area contributed by atoms with Gasteiger partial charge in [-0.15, -0.1) is 11.3 Å². The average Bonchev–Trinajstić information content (AvgIpc) is 3.13. The molecule has 3 N–H and O–H groups in total. The van der Waals surface area contributed by atoms with E-state index in [1.807, 2.05) is 22.6 Å². The van der Waals surface area contributed by atoms with Gasteiger partial charge in [-0.25, -0.2) is 4.39 Å². The van der Waals surface area contributed by atoms with Crippen LogP contribution in [0, 0.1) is 16.3 Å². The molecule has 0 bridgehead atoms. The molecule has 0 aliphatic carbocycles. The Morgan fingerprint density at radius 2 is 2.23 bits per heavy atom. The maximum absolute atomic E-state index is 14.2. The van der Waals surface area contributed by atoms with Gasteiger partial charge in [-0.2, -0.15) is 0 Å². The first-order chi connectivity index (χ1) is 12.3. The molecule has 1 aliphatic heterocycles. The monoisotopic (exact) mass is 490 g/mol. The van der Waals surface area contributed by atoms with Crippen LogP contribution in [-0.2, 0) is 0 Å². The molecule has 8 heteroatoms. The van der Waals surface area contributed by atoms with Crippen molar-refractivity contribution in [1.82, 2.24) is 4.90 Å². The van der Waals surface area contributed by atoms with Crippen LogP contribution < -0.4 is 5.32 Å². The number of amides is 1. The van der Waals surface area contributed by atoms with Crippen molar-refractivity contribution in [2.45, 2.75) is 32.5 Å². The normalized spacial score (nSPS) is 18.2. The highest BCUT2D eigenvalue weighted by atomic mass is 127. The highest BCUT2D eigenvalue weighted by Gasteiger charge is 2.31. The number of likely N-dealkylation sites (tertiary alicyclic amines) is 1. The highest BCUT2D eigenvalue weighted by Crippen LogP contribution is 2.39. The summed E-state index contributed by atoms with van der Waals surface area (Å²) in [5.74, 6) is -0.618. The van der Waals surface area contributed by atoms with E-state index in [1.54, 1.807) is 30.9 Å². The van der Waals surface area contributed by atoms with Crippen molar-refractivity contribution >= 4 is 50.5 Å². The standard InChI is InChI=1S/C18H20FIN2O3S/c1-9-15(18(25)22-6-5-12(24)8-22)17(26-16(9)10(2)23)21-14-4-3-11(20)7-13(14)19/h3-4,7,10,12,21,23-24H,5-6,8H2,1-2H3/t10?,12-/m1/s1. The Hall–Kier alpha value is -1.23. The number of hydrogen-bond acceptors (Lipinski definition) is 5. The second-order valence-electron chi connectivity index (χ2n) is 6.41. The molecule has 0 saturated carbocycles. The van der Waals surface area contributed by atoms with E-state index in [4.69, 9.17) is 0 Å². The van der Waals surface area contributed by atoms with Crippen LogP contribution in [0.3, 0.4) is 0 Å². The van der Waals surface area contributed by atoms with Gasteiger partial charge < -0.3 is 20.4 Å². The van der Waals surface area contributed by atoms with Crippen molar-refractivity contribution in [3.8, 4) is 0 Å². The number of hydrogen-bond donors (Lipinski definition) is 3. The maximum atomic E-state index is 14.2. The number of halogens is 2. The summed E-state index contributed by atoms with van der Waals surface area (Å²) in [4.78, 5) is 15.3. The third-order valence-electron chi connectivity index (χ3n) is 4.41. The molecule has 26 heavy (non-hydrogen) atoms. The number of β-amino-alcohol motifs (C(OH)–C–C–N with tert-alkyl or cyclic N) is 1. The smallest absolute Gasteiger partial charge is 0.257 e. The van der Waals surface area contributed by atoms with E-state index in [2.05, 4.69) is 5.32 Å². The number of carbonyl (C=O) groups is 1. The second-order valence-corrected chi connectivity index (χ2v) is 8.71. The Labute approximate surface area is 169 Å². The van der Waals surface area contributed by atoms with Crippen molar-refractivity contribution in [2.75, 3.05) is 18.4 Å². The minimum Gasteiger partial charge on any atom is -0.391 e. The van der Waals surface area contributed by atoms with Crippen molar-refractivity contribution < 1.29 is 19.4 Å². The lowest BCUT2D eigenvalue weighted by Gasteiger charge is -2.17. The van der Waals surface area contributed by atoms with Gasteiger partial charge >= 0.3 is 0 Å². The van der Waals surface area contributed by atoms with Crippen LogP contribution in [-0.4, -0.2) is 40.2 Å². The number of anilines is 2. The van der Waals surface area contributed by atoms with Crippen LogP contribution in [0.4, 0.5) is 15.1 Å². The Morgan fingerprint density at radius 3 is 2.81 bits per heavy atom. The molecule has 5 nitrogen and oxygen atoms in total. The lowest BCUT2D eigenvalue weighted by molar-refractivity contribution is 0.0765. The Morgan fingerprint density at radius 1 is 1.50 bits per heavy atom. The molecule has 1 aliphatic rings. The fourth-order valence-corrected chi connectivity index (χ4v) is 4.68. The first kappa shape index (κ1) is 19.5. The molecule has 3 rings (SSSR count). The minimum atomic E-state index is -0.729. The largest absolute Gasteiger partial charge is 0.391 e. The third kappa shape index (κ3) is 3.88. The number of carbonyl (C=O) groups excluding carboxylic acids is 1. The van der Waals surface area contributed by atoms with E-state index in [1.165, 1.54) is 17.4 Å². The topological polar surface area (TPSA) is 72.8 Å². The van der Waals surface area contributed by atoms with Crippen LogP contribution in [0.25, 0.3) is 0 Å². The highest BCUT2D eigenvalue weighted by molar-refractivity contribution is 14.1. The zero-order valence-electron chi connectivity index (χ0n) is 14.4. The Bertz CT molecular complexity index is 840. The van der Waals surface area contributed by atoms with Crippen LogP contribution in [0.5, 0.6) is 0 Å². The number of nitrogens with one attached hydrogen (secondary N) is 1. The maximum Gasteiger partial charge on any atom is 0.257 e. The van der Waals surface area contributed by atoms with Crippen LogP contribution in [0.1, 0.15) is 40.2 Å². The summed E-state index contributed by atoms with van der Waals surface area (Å²) in [5.41, 5.74) is 1.39. The third-order valence-corrected chi connectivity index (χ3v) is 6.46. The van der Waals surface area contributed by atoms with Crippen molar-refractivity contribution in [1.29, 1.82) is 0 Å². The van der Waals surface area contributed by atoms with E-state index in [0.29, 0.717) is 34.0 Å². The summed E-state index contributed by atoms with van der Waals surface area (Å²) in [6.07, 6.45) is -0.695. The summed E-state index contributed by atoms with van der Waals surface area (Å²) in [7, 11) is 0. The fourth-order valence-electron chi connectivity index (χ4n) is 3.07. The molecular weight excluding hydrogens is 470 g/mol. The Balaban J connectivity index is 2.00. The van der Waals surface area contributed by atoms with Crippen molar-refractivity contribution in [3.63, 3.8) is 0 Å². The average molecular weight is 490 g/mol. The van der Waals surface area contributed by atoms with Gasteiger partial charge in [0, 0.05) is 21.5 Å². The number of benzene rings is 1. The molecule has 0 radical (unpaired) electrons. The van der Waals surface area contributed by atoms with E-state index < -0.39 is 18.0 Å². The van der Waals surface area contributed by atoms with Crippen LogP contribution in [0.2, 0.25) is 0 Å². The van der Waals surface area contributed by atoms with Crippen LogP contribution >= 0.6 is 33.9 Å². The predicted octanol–water partition coefficient (Wildman–Crippen LogP) is 3.80. The lowest BCUT2D eigenvalue weighted by Crippen LogP contribution is -2.30. The molecule has 1 aromatic carbocycles.